The number of hydrogen-bond acceptors (Lipinski definition) is 5. The minimum Gasteiger partial charge on any atom is -0.466 e. The van der Waals surface area contributed by atoms with Gasteiger partial charge >= 0.3 is 11.9 Å². The Bertz CT molecular complexity index is 630. The van der Waals surface area contributed by atoms with E-state index in [9.17, 15) is 14.0 Å². The summed E-state index contributed by atoms with van der Waals surface area (Å²) in [6.07, 6.45) is 3.26. The summed E-state index contributed by atoms with van der Waals surface area (Å²) >= 11 is 0. The van der Waals surface area contributed by atoms with Crippen LogP contribution in [0.25, 0.3) is 0 Å². The van der Waals surface area contributed by atoms with Gasteiger partial charge in [0.05, 0.1) is 31.3 Å². The lowest BCUT2D eigenvalue weighted by atomic mass is 9.83. The Morgan fingerprint density at radius 1 is 1.04 bits per heavy atom. The maximum atomic E-state index is 13.2. The Balaban J connectivity index is 2.57. The molecular formula is C17H18FNO4. The average Bonchev–Trinajstić information content (AvgIpc) is 2.59. The third-order valence-electron chi connectivity index (χ3n) is 3.64. The van der Waals surface area contributed by atoms with Gasteiger partial charge in [0.1, 0.15) is 5.82 Å². The van der Waals surface area contributed by atoms with Crippen LogP contribution in [0, 0.1) is 5.82 Å². The van der Waals surface area contributed by atoms with Crippen LogP contribution < -0.4 is 0 Å². The Hall–Kier alpha value is -2.63. The smallest absolute Gasteiger partial charge is 0.336 e. The summed E-state index contributed by atoms with van der Waals surface area (Å²) in [5, 5.41) is 0. The zero-order valence-corrected chi connectivity index (χ0v) is 13.2. The van der Waals surface area contributed by atoms with Crippen LogP contribution in [0.15, 0.2) is 47.8 Å². The molecule has 1 heterocycles. The normalized spacial score (nSPS) is 14.9. The Morgan fingerprint density at radius 2 is 1.52 bits per heavy atom. The number of ether oxygens (including phenoxy) is 2. The van der Waals surface area contributed by atoms with E-state index in [1.807, 2.05) is 6.92 Å². The van der Waals surface area contributed by atoms with Crippen molar-refractivity contribution in [2.24, 2.45) is 0 Å². The van der Waals surface area contributed by atoms with E-state index in [0.29, 0.717) is 23.3 Å². The quantitative estimate of drug-likeness (QED) is 0.798. The fourth-order valence-electron chi connectivity index (χ4n) is 2.48. The van der Waals surface area contributed by atoms with Gasteiger partial charge in [-0.2, -0.15) is 0 Å². The molecule has 0 amide bonds. The molecule has 2 rings (SSSR count). The molecule has 0 saturated carbocycles. The second kappa shape index (κ2) is 7.09. The van der Waals surface area contributed by atoms with Gasteiger partial charge in [-0.1, -0.05) is 12.1 Å². The van der Waals surface area contributed by atoms with Crippen LogP contribution in [-0.2, 0) is 19.1 Å². The first-order valence-electron chi connectivity index (χ1n) is 7.13. The van der Waals surface area contributed by atoms with Crippen molar-refractivity contribution in [2.75, 3.05) is 20.8 Å². The second-order valence-electron chi connectivity index (χ2n) is 4.97. The van der Waals surface area contributed by atoms with Gasteiger partial charge in [-0.15, -0.1) is 0 Å². The van der Waals surface area contributed by atoms with Gasteiger partial charge in [0.25, 0.3) is 0 Å². The van der Waals surface area contributed by atoms with Gasteiger partial charge in [0.2, 0.25) is 0 Å². The number of halogens is 1. The summed E-state index contributed by atoms with van der Waals surface area (Å²) in [5.41, 5.74) is 1.20. The average molecular weight is 319 g/mol. The van der Waals surface area contributed by atoms with E-state index in [-0.39, 0.29) is 0 Å². The molecule has 0 aromatic heterocycles. The van der Waals surface area contributed by atoms with E-state index in [4.69, 9.17) is 9.47 Å². The maximum Gasteiger partial charge on any atom is 0.336 e. The summed E-state index contributed by atoms with van der Waals surface area (Å²) in [7, 11) is 2.55. The monoisotopic (exact) mass is 319 g/mol. The number of carbonyl (C=O) groups is 2. The summed E-state index contributed by atoms with van der Waals surface area (Å²) in [6.45, 7) is 2.45. The van der Waals surface area contributed by atoms with Crippen LogP contribution in [0.1, 0.15) is 18.4 Å². The summed E-state index contributed by atoms with van der Waals surface area (Å²) in [5.74, 6) is -2.16. The molecule has 5 nitrogen and oxygen atoms in total. The summed E-state index contributed by atoms with van der Waals surface area (Å²) < 4.78 is 22.9. The standard InChI is InChI=1S/C17H18FNO4/c1-4-19-9-13(16(20)22-2)15(14(10-19)17(21)23-3)11-5-7-12(18)8-6-11/h5-10,15H,4H2,1-3H3. The van der Waals surface area contributed by atoms with E-state index < -0.39 is 23.7 Å². The van der Waals surface area contributed by atoms with Crippen LogP contribution >= 0.6 is 0 Å². The molecule has 1 aliphatic rings. The molecule has 0 aliphatic carbocycles. The fourth-order valence-corrected chi connectivity index (χ4v) is 2.48. The first kappa shape index (κ1) is 16.7. The molecule has 6 heteroatoms. The van der Waals surface area contributed by atoms with E-state index >= 15 is 0 Å². The lowest BCUT2D eigenvalue weighted by Crippen LogP contribution is -2.28. The third-order valence-corrected chi connectivity index (χ3v) is 3.64. The van der Waals surface area contributed by atoms with Gasteiger partial charge < -0.3 is 14.4 Å². The van der Waals surface area contributed by atoms with Crippen molar-refractivity contribution in [3.63, 3.8) is 0 Å². The van der Waals surface area contributed by atoms with Gasteiger partial charge in [0, 0.05) is 18.9 Å². The van der Waals surface area contributed by atoms with Crippen molar-refractivity contribution in [1.82, 2.24) is 4.90 Å². The highest BCUT2D eigenvalue weighted by Crippen LogP contribution is 2.36. The van der Waals surface area contributed by atoms with Crippen LogP contribution in [-0.4, -0.2) is 37.6 Å². The van der Waals surface area contributed by atoms with Crippen molar-refractivity contribution in [2.45, 2.75) is 12.8 Å². The van der Waals surface area contributed by atoms with Crippen molar-refractivity contribution >= 4 is 11.9 Å². The first-order chi connectivity index (χ1) is 11.0. The molecule has 0 radical (unpaired) electrons. The molecule has 1 aromatic rings. The molecule has 0 N–H and O–H groups in total. The molecule has 0 bridgehead atoms. The maximum absolute atomic E-state index is 13.2. The lowest BCUT2D eigenvalue weighted by Gasteiger charge is -2.29. The third kappa shape index (κ3) is 3.41. The number of nitrogens with zero attached hydrogens (tertiary/aromatic N) is 1. The zero-order chi connectivity index (χ0) is 17.0. The minimum absolute atomic E-state index is 0.295. The summed E-state index contributed by atoms with van der Waals surface area (Å²) in [4.78, 5) is 26.0. The van der Waals surface area contributed by atoms with Gasteiger partial charge in [-0.3, -0.25) is 0 Å². The summed E-state index contributed by atoms with van der Waals surface area (Å²) in [6, 6.07) is 5.64. The number of esters is 2. The second-order valence-corrected chi connectivity index (χ2v) is 4.97. The van der Waals surface area contributed by atoms with Crippen LogP contribution in [0.2, 0.25) is 0 Å². The van der Waals surface area contributed by atoms with E-state index in [0.717, 1.165) is 0 Å². The first-order valence-corrected chi connectivity index (χ1v) is 7.13. The zero-order valence-electron chi connectivity index (χ0n) is 13.2. The molecule has 23 heavy (non-hydrogen) atoms. The SMILES string of the molecule is CCN1C=C(C(=O)OC)C(c2ccc(F)cc2)C(C(=O)OC)=C1. The molecule has 122 valence electrons. The largest absolute Gasteiger partial charge is 0.466 e. The number of rotatable bonds is 4. The Morgan fingerprint density at radius 3 is 1.91 bits per heavy atom. The molecular weight excluding hydrogens is 301 g/mol. The van der Waals surface area contributed by atoms with Gasteiger partial charge in [0.15, 0.2) is 0 Å². The van der Waals surface area contributed by atoms with Gasteiger partial charge in [-0.05, 0) is 24.6 Å². The Kier molecular flexibility index (Phi) is 5.16. The van der Waals surface area contributed by atoms with E-state index in [1.54, 1.807) is 17.3 Å². The predicted molar refractivity (Wildman–Crippen MR) is 81.7 cm³/mol. The van der Waals surface area contributed by atoms with Crippen LogP contribution in [0.3, 0.4) is 0 Å². The van der Waals surface area contributed by atoms with Crippen molar-refractivity contribution in [3.8, 4) is 0 Å². The Labute approximate surface area is 134 Å². The van der Waals surface area contributed by atoms with Crippen LogP contribution in [0.5, 0.6) is 0 Å². The molecule has 0 fully saturated rings. The van der Waals surface area contributed by atoms with E-state index in [2.05, 4.69) is 0 Å². The van der Waals surface area contributed by atoms with E-state index in [1.165, 1.54) is 38.5 Å². The van der Waals surface area contributed by atoms with Crippen molar-refractivity contribution in [1.29, 1.82) is 0 Å². The molecule has 1 aliphatic heterocycles. The fraction of sp³-hybridized carbons (Fsp3) is 0.294. The molecule has 0 atom stereocenters. The number of carbonyl (C=O) groups excluding carboxylic acids is 2. The minimum atomic E-state index is -0.668. The topological polar surface area (TPSA) is 55.8 Å². The highest BCUT2D eigenvalue weighted by atomic mass is 19.1. The molecule has 0 unspecified atom stereocenters. The van der Waals surface area contributed by atoms with Crippen molar-refractivity contribution < 1.29 is 23.5 Å². The molecule has 1 aromatic carbocycles. The number of hydrogen-bond donors (Lipinski definition) is 0. The highest BCUT2D eigenvalue weighted by Gasteiger charge is 2.34. The highest BCUT2D eigenvalue weighted by molar-refractivity contribution is 5.98. The molecule has 0 saturated heterocycles. The molecule has 0 spiro atoms. The predicted octanol–water partition coefficient (Wildman–Crippen LogP) is 2.36. The number of benzene rings is 1. The number of methoxy groups -OCH3 is 2. The van der Waals surface area contributed by atoms with Crippen LogP contribution in [0.4, 0.5) is 4.39 Å². The lowest BCUT2D eigenvalue weighted by molar-refractivity contribution is -0.137. The van der Waals surface area contributed by atoms with Crippen molar-refractivity contribution in [3.05, 3.63) is 59.2 Å². The van der Waals surface area contributed by atoms with Gasteiger partial charge in [-0.25, -0.2) is 14.0 Å².